The minimum absolute atomic E-state index is 0.0101. The predicted molar refractivity (Wildman–Crippen MR) is 87.9 cm³/mol. The highest BCUT2D eigenvalue weighted by atomic mass is 32.2. The summed E-state index contributed by atoms with van der Waals surface area (Å²) < 4.78 is 72.7. The zero-order valence-corrected chi connectivity index (χ0v) is 15.5. The molecule has 1 aromatic carbocycles. The summed E-state index contributed by atoms with van der Waals surface area (Å²) in [4.78, 5) is 12.2. The van der Waals surface area contributed by atoms with Gasteiger partial charge < -0.3 is 9.47 Å². The molecule has 0 fully saturated rings. The molecule has 26 heavy (non-hydrogen) atoms. The molecule has 1 atom stereocenters. The first-order chi connectivity index (χ1) is 11.7. The highest BCUT2D eigenvalue weighted by molar-refractivity contribution is 7.90. The van der Waals surface area contributed by atoms with E-state index in [1.165, 1.54) is 24.3 Å². The van der Waals surface area contributed by atoms with Gasteiger partial charge in [-0.2, -0.15) is 13.2 Å². The van der Waals surface area contributed by atoms with Crippen LogP contribution in [0, 0.1) is 0 Å². The molecule has 1 aromatic rings. The van der Waals surface area contributed by atoms with Crippen molar-refractivity contribution in [3.8, 4) is 0 Å². The van der Waals surface area contributed by atoms with Crippen molar-refractivity contribution in [2.24, 2.45) is 0 Å². The number of alkyl halides is 3. The minimum Gasteiger partial charge on any atom is -0.484 e. The molecule has 0 saturated heterocycles. The van der Waals surface area contributed by atoms with Crippen LogP contribution >= 0.6 is 0 Å². The van der Waals surface area contributed by atoms with Gasteiger partial charge in [0.05, 0.1) is 23.0 Å². The van der Waals surface area contributed by atoms with E-state index in [2.05, 4.69) is 0 Å². The second-order valence-corrected chi connectivity index (χ2v) is 8.60. The SMILES string of the molecule is CC(C)OC1=C(c2ccc(S(C)(=O)=O)cc2)C(C)(CC(F)(F)F)OC1=O. The van der Waals surface area contributed by atoms with Gasteiger partial charge in [0.25, 0.3) is 0 Å². The van der Waals surface area contributed by atoms with E-state index in [9.17, 15) is 26.4 Å². The number of sulfone groups is 1. The van der Waals surface area contributed by atoms with E-state index in [1.807, 2.05) is 0 Å². The summed E-state index contributed by atoms with van der Waals surface area (Å²) in [6.45, 7) is 4.42. The Morgan fingerprint density at radius 2 is 1.73 bits per heavy atom. The zero-order valence-electron chi connectivity index (χ0n) is 14.7. The first-order valence-electron chi connectivity index (χ1n) is 7.75. The van der Waals surface area contributed by atoms with E-state index in [4.69, 9.17) is 9.47 Å². The number of hydrogen-bond donors (Lipinski definition) is 0. The average Bonchev–Trinajstić information content (AvgIpc) is 2.65. The molecule has 1 heterocycles. The van der Waals surface area contributed by atoms with Gasteiger partial charge in [-0.3, -0.25) is 0 Å². The average molecular weight is 392 g/mol. The van der Waals surface area contributed by atoms with Crippen molar-refractivity contribution in [2.45, 2.75) is 50.0 Å². The van der Waals surface area contributed by atoms with Gasteiger partial charge in [-0.15, -0.1) is 0 Å². The van der Waals surface area contributed by atoms with Gasteiger partial charge in [0.15, 0.2) is 9.84 Å². The molecule has 0 spiro atoms. The van der Waals surface area contributed by atoms with E-state index < -0.39 is 40.1 Å². The van der Waals surface area contributed by atoms with Gasteiger partial charge in [0.1, 0.15) is 5.60 Å². The smallest absolute Gasteiger partial charge is 0.393 e. The number of cyclic esters (lactones) is 1. The third kappa shape index (κ3) is 4.38. The summed E-state index contributed by atoms with van der Waals surface area (Å²) in [5.41, 5.74) is -1.79. The normalized spacial score (nSPS) is 21.3. The van der Waals surface area contributed by atoms with E-state index >= 15 is 0 Å². The van der Waals surface area contributed by atoms with Gasteiger partial charge in [-0.05, 0) is 38.5 Å². The van der Waals surface area contributed by atoms with Crippen molar-refractivity contribution >= 4 is 21.4 Å². The van der Waals surface area contributed by atoms with Gasteiger partial charge in [0.2, 0.25) is 5.76 Å². The Morgan fingerprint density at radius 3 is 2.15 bits per heavy atom. The summed E-state index contributed by atoms with van der Waals surface area (Å²) in [5.74, 6) is -1.27. The lowest BCUT2D eigenvalue weighted by molar-refractivity contribution is -0.176. The minimum atomic E-state index is -4.58. The fourth-order valence-electron chi connectivity index (χ4n) is 2.80. The first kappa shape index (κ1) is 20.3. The lowest BCUT2D eigenvalue weighted by Crippen LogP contribution is -2.33. The van der Waals surface area contributed by atoms with Gasteiger partial charge in [-0.25, -0.2) is 13.2 Å². The topological polar surface area (TPSA) is 69.7 Å². The second kappa shape index (κ2) is 6.61. The van der Waals surface area contributed by atoms with E-state index in [-0.39, 0.29) is 21.8 Å². The van der Waals surface area contributed by atoms with E-state index in [0.29, 0.717) is 0 Å². The Labute approximate surface area is 149 Å². The van der Waals surface area contributed by atoms with Crippen LogP contribution in [-0.4, -0.2) is 38.5 Å². The molecule has 144 valence electrons. The van der Waals surface area contributed by atoms with Crippen LogP contribution in [0.1, 0.15) is 32.8 Å². The number of carbonyl (C=O) groups is 1. The molecule has 0 aromatic heterocycles. The van der Waals surface area contributed by atoms with Crippen molar-refractivity contribution in [2.75, 3.05) is 6.26 Å². The molecule has 0 N–H and O–H groups in total. The highest BCUT2D eigenvalue weighted by Gasteiger charge is 2.52. The monoisotopic (exact) mass is 392 g/mol. The van der Waals surface area contributed by atoms with Crippen molar-refractivity contribution in [3.63, 3.8) is 0 Å². The molecule has 0 bridgehead atoms. The van der Waals surface area contributed by atoms with Crippen molar-refractivity contribution < 1.29 is 35.9 Å². The Balaban J connectivity index is 2.61. The van der Waals surface area contributed by atoms with Gasteiger partial charge in [-0.1, -0.05) is 12.1 Å². The van der Waals surface area contributed by atoms with E-state index in [1.54, 1.807) is 13.8 Å². The Morgan fingerprint density at radius 1 is 1.19 bits per heavy atom. The molecule has 1 aliphatic heterocycles. The molecular formula is C17H19F3O5S. The maximum absolute atomic E-state index is 13.0. The summed E-state index contributed by atoms with van der Waals surface area (Å²) in [6, 6.07) is 5.21. The standard InChI is InChI=1S/C17H19F3O5S/c1-10(2)24-14-13(11-5-7-12(8-6-11)26(4,22)23)16(3,25-15(14)21)9-17(18,19)20/h5-8,10H,9H2,1-4H3. The summed E-state index contributed by atoms with van der Waals surface area (Å²) in [5, 5.41) is 0. The second-order valence-electron chi connectivity index (χ2n) is 6.58. The zero-order chi connectivity index (χ0) is 19.9. The predicted octanol–water partition coefficient (Wildman–Crippen LogP) is 3.49. The van der Waals surface area contributed by atoms with E-state index in [0.717, 1.165) is 13.2 Å². The van der Waals surface area contributed by atoms with Crippen LogP contribution in [-0.2, 0) is 24.1 Å². The molecule has 1 unspecified atom stereocenters. The number of halogens is 3. The molecule has 5 nitrogen and oxygen atoms in total. The molecule has 0 radical (unpaired) electrons. The Hall–Kier alpha value is -2.03. The Kier molecular flexibility index (Phi) is 5.15. The van der Waals surface area contributed by atoms with Crippen LogP contribution in [0.3, 0.4) is 0 Å². The molecule has 1 aliphatic rings. The largest absolute Gasteiger partial charge is 0.484 e. The van der Waals surface area contributed by atoms with Crippen LogP contribution in [0.5, 0.6) is 0 Å². The molecule has 2 rings (SSSR count). The van der Waals surface area contributed by atoms with Crippen LogP contribution in [0.25, 0.3) is 5.57 Å². The quantitative estimate of drug-likeness (QED) is 0.718. The number of hydrogen-bond acceptors (Lipinski definition) is 5. The number of rotatable bonds is 5. The summed E-state index contributed by atoms with van der Waals surface area (Å²) in [7, 11) is -3.47. The molecule has 0 amide bonds. The van der Waals surface area contributed by atoms with Crippen molar-refractivity contribution in [1.29, 1.82) is 0 Å². The highest BCUT2D eigenvalue weighted by Crippen LogP contribution is 2.46. The molecule has 0 aliphatic carbocycles. The van der Waals surface area contributed by atoms with Crippen LogP contribution < -0.4 is 0 Å². The third-order valence-electron chi connectivity index (χ3n) is 3.72. The fraction of sp³-hybridized carbons (Fsp3) is 0.471. The lowest BCUT2D eigenvalue weighted by Gasteiger charge is -2.27. The lowest BCUT2D eigenvalue weighted by atomic mass is 9.87. The van der Waals surface area contributed by atoms with Gasteiger partial charge in [0, 0.05) is 6.26 Å². The fourth-order valence-corrected chi connectivity index (χ4v) is 3.43. The van der Waals surface area contributed by atoms with Crippen molar-refractivity contribution in [1.82, 2.24) is 0 Å². The van der Waals surface area contributed by atoms with Crippen LogP contribution in [0.2, 0.25) is 0 Å². The van der Waals surface area contributed by atoms with Gasteiger partial charge >= 0.3 is 12.1 Å². The first-order valence-corrected chi connectivity index (χ1v) is 9.64. The molecule has 0 saturated carbocycles. The number of ether oxygens (including phenoxy) is 2. The Bertz CT molecular complexity index is 838. The number of carbonyl (C=O) groups excluding carboxylic acids is 1. The summed E-state index contributed by atoms with van der Waals surface area (Å²) >= 11 is 0. The molecule has 9 heteroatoms. The maximum atomic E-state index is 13.0. The van der Waals surface area contributed by atoms with Crippen LogP contribution in [0.15, 0.2) is 34.9 Å². The molecular weight excluding hydrogens is 373 g/mol. The van der Waals surface area contributed by atoms with Crippen molar-refractivity contribution in [3.05, 3.63) is 35.6 Å². The number of benzene rings is 1. The van der Waals surface area contributed by atoms with Crippen LogP contribution in [0.4, 0.5) is 13.2 Å². The third-order valence-corrected chi connectivity index (χ3v) is 4.85. The summed E-state index contributed by atoms with van der Waals surface area (Å²) in [6.07, 6.45) is -5.42. The maximum Gasteiger partial charge on any atom is 0.393 e. The number of esters is 1.